The van der Waals surface area contributed by atoms with Gasteiger partial charge in [-0.1, -0.05) is 6.08 Å². The van der Waals surface area contributed by atoms with Crippen molar-refractivity contribution in [2.45, 2.75) is 18.8 Å². The Kier molecular flexibility index (Phi) is 4.54. The minimum Gasteiger partial charge on any atom is -0.497 e. The third-order valence-electron chi connectivity index (χ3n) is 4.81. The molecule has 0 radical (unpaired) electrons. The predicted molar refractivity (Wildman–Crippen MR) is 103 cm³/mol. The second-order valence-corrected chi connectivity index (χ2v) is 6.49. The van der Waals surface area contributed by atoms with E-state index in [4.69, 9.17) is 9.15 Å². The van der Waals surface area contributed by atoms with E-state index in [1.807, 2.05) is 41.1 Å². The average molecular weight is 363 g/mol. The number of Topliss-reactive ketones (excluding diaryl/α,β-unsaturated/α-hetero) is 1. The van der Waals surface area contributed by atoms with Gasteiger partial charge in [-0.3, -0.25) is 4.79 Å². The van der Waals surface area contributed by atoms with Gasteiger partial charge in [-0.25, -0.2) is 4.68 Å². The normalized spacial score (nSPS) is 16.0. The highest BCUT2D eigenvalue weighted by molar-refractivity contribution is 6.03. The molecule has 6 nitrogen and oxygen atoms in total. The van der Waals surface area contributed by atoms with Crippen molar-refractivity contribution in [3.05, 3.63) is 72.3 Å². The van der Waals surface area contributed by atoms with Gasteiger partial charge in [0.1, 0.15) is 11.5 Å². The fraction of sp³-hybridized carbons (Fsp3) is 0.238. The highest BCUT2D eigenvalue weighted by atomic mass is 16.5. The minimum atomic E-state index is 0.0148. The Labute approximate surface area is 157 Å². The first-order chi connectivity index (χ1) is 13.2. The van der Waals surface area contributed by atoms with Crippen molar-refractivity contribution >= 4 is 11.6 Å². The number of aromatic nitrogens is 2. The lowest BCUT2D eigenvalue weighted by Gasteiger charge is -2.21. The van der Waals surface area contributed by atoms with E-state index in [1.165, 1.54) is 0 Å². The molecule has 138 valence electrons. The first-order valence-corrected chi connectivity index (χ1v) is 8.89. The second kappa shape index (κ2) is 7.15. The molecule has 0 spiro atoms. The van der Waals surface area contributed by atoms with E-state index in [9.17, 15) is 4.79 Å². The number of hydrogen-bond acceptors (Lipinski definition) is 5. The molecule has 1 aromatic carbocycles. The Balaban J connectivity index is 1.79. The fourth-order valence-electron chi connectivity index (χ4n) is 3.52. The molecule has 1 N–H and O–H groups in total. The van der Waals surface area contributed by atoms with Crippen LogP contribution < -0.4 is 10.1 Å². The van der Waals surface area contributed by atoms with Crippen LogP contribution in [0.15, 0.2) is 59.7 Å². The van der Waals surface area contributed by atoms with Crippen LogP contribution in [0, 0.1) is 0 Å². The first kappa shape index (κ1) is 17.1. The summed E-state index contributed by atoms with van der Waals surface area (Å²) in [5.74, 6) is 2.29. The Morgan fingerprint density at radius 3 is 2.81 bits per heavy atom. The van der Waals surface area contributed by atoms with Crippen LogP contribution in [0.5, 0.6) is 5.75 Å². The van der Waals surface area contributed by atoms with Crippen molar-refractivity contribution in [1.82, 2.24) is 9.78 Å². The van der Waals surface area contributed by atoms with Crippen molar-refractivity contribution in [2.75, 3.05) is 19.0 Å². The number of hydrogen-bond donors (Lipinski definition) is 1. The summed E-state index contributed by atoms with van der Waals surface area (Å²) in [6.07, 6.45) is 4.49. The molecule has 0 fully saturated rings. The van der Waals surface area contributed by atoms with Gasteiger partial charge in [0.05, 0.1) is 30.3 Å². The summed E-state index contributed by atoms with van der Waals surface area (Å²) in [5.41, 5.74) is 2.44. The van der Waals surface area contributed by atoms with Crippen LogP contribution in [0.1, 0.15) is 34.2 Å². The van der Waals surface area contributed by atoms with Crippen LogP contribution >= 0.6 is 0 Å². The molecule has 0 aliphatic heterocycles. The largest absolute Gasteiger partial charge is 0.497 e. The van der Waals surface area contributed by atoms with Gasteiger partial charge in [0.15, 0.2) is 11.6 Å². The lowest BCUT2D eigenvalue weighted by molar-refractivity contribution is 0.0960. The van der Waals surface area contributed by atoms with E-state index in [0.717, 1.165) is 22.9 Å². The Morgan fingerprint density at radius 2 is 2.15 bits per heavy atom. The van der Waals surface area contributed by atoms with Gasteiger partial charge >= 0.3 is 0 Å². The molecule has 27 heavy (non-hydrogen) atoms. The first-order valence-electron chi connectivity index (χ1n) is 8.89. The van der Waals surface area contributed by atoms with Gasteiger partial charge in [0, 0.05) is 25.3 Å². The number of furan rings is 1. The molecule has 0 bridgehead atoms. The summed E-state index contributed by atoms with van der Waals surface area (Å²) >= 11 is 0. The number of rotatable bonds is 6. The third-order valence-corrected chi connectivity index (χ3v) is 4.81. The summed E-state index contributed by atoms with van der Waals surface area (Å²) in [6, 6.07) is 11.4. The molecule has 0 saturated heterocycles. The summed E-state index contributed by atoms with van der Waals surface area (Å²) in [7, 11) is 1.63. The fourth-order valence-corrected chi connectivity index (χ4v) is 3.52. The smallest absolute Gasteiger partial charge is 0.169 e. The average Bonchev–Trinajstić information content (AvgIpc) is 3.35. The third kappa shape index (κ3) is 3.14. The molecule has 2 aromatic heterocycles. The number of nitrogens with zero attached hydrogens (tertiary/aromatic N) is 2. The van der Waals surface area contributed by atoms with E-state index in [-0.39, 0.29) is 11.7 Å². The number of nitrogens with one attached hydrogen (secondary N) is 1. The standard InChI is InChI=1S/C21H21N3O3/c1-3-10-22-21-20-17(12-14(13-18(20)25)19-5-4-11-27-19)24(23-21)15-6-8-16(26-2)9-7-15/h3-9,11,14H,1,10,12-13H2,2H3,(H,22,23)/t14-/m1/s1. The molecule has 1 aliphatic carbocycles. The molecule has 1 atom stereocenters. The number of carbonyl (C=O) groups excluding carboxylic acids is 1. The summed E-state index contributed by atoms with van der Waals surface area (Å²) in [6.45, 7) is 4.27. The second-order valence-electron chi connectivity index (χ2n) is 6.49. The molecule has 0 amide bonds. The lowest BCUT2D eigenvalue weighted by Crippen LogP contribution is -2.20. The topological polar surface area (TPSA) is 69.3 Å². The van der Waals surface area contributed by atoms with E-state index in [1.54, 1.807) is 19.4 Å². The number of benzene rings is 1. The van der Waals surface area contributed by atoms with Crippen LogP contribution in [0.2, 0.25) is 0 Å². The quantitative estimate of drug-likeness (QED) is 0.671. The molecular formula is C21H21N3O3. The molecule has 2 heterocycles. The maximum Gasteiger partial charge on any atom is 0.169 e. The van der Waals surface area contributed by atoms with Crippen molar-refractivity contribution in [3.8, 4) is 11.4 Å². The van der Waals surface area contributed by atoms with Gasteiger partial charge in [-0.15, -0.1) is 11.7 Å². The molecule has 3 aromatic rings. The molecule has 0 unspecified atom stereocenters. The van der Waals surface area contributed by atoms with Gasteiger partial charge in [0.25, 0.3) is 0 Å². The molecule has 4 rings (SSSR count). The van der Waals surface area contributed by atoms with E-state index in [2.05, 4.69) is 17.0 Å². The van der Waals surface area contributed by atoms with E-state index >= 15 is 0 Å². The zero-order chi connectivity index (χ0) is 18.8. The number of fused-ring (bicyclic) bond motifs is 1. The number of anilines is 1. The molecule has 1 aliphatic rings. The van der Waals surface area contributed by atoms with Gasteiger partial charge < -0.3 is 14.5 Å². The number of ether oxygens (including phenoxy) is 1. The van der Waals surface area contributed by atoms with Crippen LogP contribution in [0.4, 0.5) is 5.82 Å². The van der Waals surface area contributed by atoms with Crippen LogP contribution in [0.3, 0.4) is 0 Å². The Morgan fingerprint density at radius 1 is 1.33 bits per heavy atom. The van der Waals surface area contributed by atoms with Crippen LogP contribution in [0.25, 0.3) is 5.69 Å². The van der Waals surface area contributed by atoms with E-state index in [0.29, 0.717) is 30.8 Å². The van der Waals surface area contributed by atoms with Crippen LogP contribution in [-0.4, -0.2) is 29.2 Å². The maximum atomic E-state index is 12.9. The number of methoxy groups -OCH3 is 1. The zero-order valence-corrected chi connectivity index (χ0v) is 15.1. The van der Waals surface area contributed by atoms with Gasteiger partial charge in [-0.05, 0) is 36.4 Å². The summed E-state index contributed by atoms with van der Waals surface area (Å²) < 4.78 is 12.6. The lowest BCUT2D eigenvalue weighted by atomic mass is 9.85. The van der Waals surface area contributed by atoms with E-state index < -0.39 is 0 Å². The summed E-state index contributed by atoms with van der Waals surface area (Å²) in [4.78, 5) is 12.9. The van der Waals surface area contributed by atoms with Crippen molar-refractivity contribution in [3.63, 3.8) is 0 Å². The molecule has 0 saturated carbocycles. The SMILES string of the molecule is C=CCNc1nn(-c2ccc(OC)cc2)c2c1C(=O)C[C@H](c1ccco1)C2. The molecular weight excluding hydrogens is 342 g/mol. The number of ketones is 1. The highest BCUT2D eigenvalue weighted by Crippen LogP contribution is 2.37. The Hall–Kier alpha value is -3.28. The van der Waals surface area contributed by atoms with Gasteiger partial charge in [-0.2, -0.15) is 0 Å². The predicted octanol–water partition coefficient (Wildman–Crippen LogP) is 3.98. The minimum absolute atomic E-state index is 0.0148. The Bertz CT molecular complexity index is 955. The maximum absolute atomic E-state index is 12.9. The monoisotopic (exact) mass is 363 g/mol. The summed E-state index contributed by atoms with van der Waals surface area (Å²) in [5, 5.41) is 7.88. The van der Waals surface area contributed by atoms with Crippen LogP contribution in [-0.2, 0) is 6.42 Å². The van der Waals surface area contributed by atoms with Crippen molar-refractivity contribution in [2.24, 2.45) is 0 Å². The zero-order valence-electron chi connectivity index (χ0n) is 15.1. The van der Waals surface area contributed by atoms with Crippen molar-refractivity contribution < 1.29 is 13.9 Å². The molecule has 6 heteroatoms. The number of carbonyl (C=O) groups is 1. The van der Waals surface area contributed by atoms with Gasteiger partial charge in [0.2, 0.25) is 0 Å². The highest BCUT2D eigenvalue weighted by Gasteiger charge is 2.34. The van der Waals surface area contributed by atoms with Crippen molar-refractivity contribution in [1.29, 1.82) is 0 Å².